The Morgan fingerprint density at radius 1 is 1.14 bits per heavy atom. The van der Waals surface area contributed by atoms with E-state index in [9.17, 15) is 13.2 Å². The van der Waals surface area contributed by atoms with Gasteiger partial charge in [-0.2, -0.15) is 4.99 Å². The number of hydrogen-bond acceptors (Lipinski definition) is 5. The average molecular weight is 419 g/mol. The maximum Gasteiger partial charge on any atom is 0.279 e. The number of rotatable bonds is 7. The Balaban J connectivity index is 2.03. The van der Waals surface area contributed by atoms with Crippen molar-refractivity contribution in [1.82, 2.24) is 4.57 Å². The van der Waals surface area contributed by atoms with Crippen LogP contribution >= 0.6 is 11.3 Å². The van der Waals surface area contributed by atoms with E-state index >= 15 is 0 Å². The fourth-order valence-corrected chi connectivity index (χ4v) is 4.74. The van der Waals surface area contributed by atoms with E-state index in [4.69, 9.17) is 4.74 Å². The Kier molecular flexibility index (Phi) is 6.43. The number of benzene rings is 2. The highest BCUT2D eigenvalue weighted by Gasteiger charge is 2.15. The van der Waals surface area contributed by atoms with Crippen molar-refractivity contribution in [3.8, 4) is 0 Å². The molecule has 6 nitrogen and oxygen atoms in total. The first-order valence-electron chi connectivity index (χ1n) is 9.04. The van der Waals surface area contributed by atoms with E-state index in [-0.39, 0.29) is 16.2 Å². The van der Waals surface area contributed by atoms with Crippen LogP contribution in [0, 0.1) is 0 Å². The second-order valence-electron chi connectivity index (χ2n) is 6.05. The normalized spacial score (nSPS) is 12.6. The molecule has 0 aliphatic heterocycles. The number of sulfone groups is 1. The maximum absolute atomic E-state index is 12.7. The van der Waals surface area contributed by atoms with Gasteiger partial charge in [0.05, 0.1) is 27.5 Å². The van der Waals surface area contributed by atoms with Gasteiger partial charge in [0.1, 0.15) is 0 Å². The molecule has 0 unspecified atom stereocenters. The Morgan fingerprint density at radius 3 is 2.68 bits per heavy atom. The fraction of sp³-hybridized carbons (Fsp3) is 0.300. The summed E-state index contributed by atoms with van der Waals surface area (Å²) in [5, 5.41) is 0. The van der Waals surface area contributed by atoms with E-state index in [0.29, 0.717) is 24.6 Å². The van der Waals surface area contributed by atoms with Crippen LogP contribution in [0.15, 0.2) is 58.4 Å². The van der Waals surface area contributed by atoms with E-state index in [1.165, 1.54) is 23.5 Å². The predicted molar refractivity (Wildman–Crippen MR) is 110 cm³/mol. The molecule has 0 bridgehead atoms. The summed E-state index contributed by atoms with van der Waals surface area (Å²) in [6.07, 6.45) is 0. The van der Waals surface area contributed by atoms with Crippen LogP contribution < -0.4 is 4.80 Å². The molecular formula is C20H22N2O4S2. The van der Waals surface area contributed by atoms with Crippen LogP contribution in [-0.2, 0) is 21.1 Å². The zero-order chi connectivity index (χ0) is 20.1. The Morgan fingerprint density at radius 2 is 1.93 bits per heavy atom. The molecule has 0 aliphatic carbocycles. The maximum atomic E-state index is 12.7. The number of nitrogens with zero attached hydrogens (tertiary/aromatic N) is 2. The van der Waals surface area contributed by atoms with Gasteiger partial charge in [0.25, 0.3) is 5.91 Å². The molecule has 1 heterocycles. The molecule has 0 spiro atoms. The van der Waals surface area contributed by atoms with Gasteiger partial charge in [0.15, 0.2) is 14.6 Å². The van der Waals surface area contributed by atoms with E-state index in [0.717, 1.165) is 10.2 Å². The largest absolute Gasteiger partial charge is 0.380 e. The van der Waals surface area contributed by atoms with E-state index in [1.807, 2.05) is 35.8 Å². The number of ether oxygens (including phenoxy) is 1. The average Bonchev–Trinajstić information content (AvgIpc) is 3.05. The summed E-state index contributed by atoms with van der Waals surface area (Å²) in [6, 6.07) is 13.9. The lowest BCUT2D eigenvalue weighted by atomic mass is 10.2. The number of fused-ring (bicyclic) bond motifs is 1. The lowest BCUT2D eigenvalue weighted by molar-refractivity contribution is 0.0996. The third-order valence-corrected chi connectivity index (χ3v) is 7.06. The molecule has 0 saturated heterocycles. The summed E-state index contributed by atoms with van der Waals surface area (Å²) in [5.41, 5.74) is 1.24. The first kappa shape index (κ1) is 20.4. The highest BCUT2D eigenvalue weighted by atomic mass is 32.2. The number of amides is 1. The van der Waals surface area contributed by atoms with E-state index in [2.05, 4.69) is 4.99 Å². The SMILES string of the molecule is CCOCCn1c(=NC(=O)c2cccc(S(=O)(=O)CC)c2)sc2ccccc21. The molecular weight excluding hydrogens is 396 g/mol. The number of carbonyl (C=O) groups is 1. The molecule has 0 fully saturated rings. The van der Waals surface area contributed by atoms with Gasteiger partial charge < -0.3 is 9.30 Å². The number of aromatic nitrogens is 1. The fourth-order valence-electron chi connectivity index (χ4n) is 2.76. The molecule has 2 aromatic carbocycles. The molecule has 0 atom stereocenters. The lowest BCUT2D eigenvalue weighted by Crippen LogP contribution is -2.19. The molecule has 1 aromatic heterocycles. The van der Waals surface area contributed by atoms with Crippen molar-refractivity contribution in [1.29, 1.82) is 0 Å². The van der Waals surface area contributed by atoms with Gasteiger partial charge in [-0.1, -0.05) is 36.5 Å². The number of carbonyl (C=O) groups excluding carboxylic acids is 1. The Hall–Kier alpha value is -2.29. The van der Waals surface area contributed by atoms with Crippen LogP contribution in [0.5, 0.6) is 0 Å². The van der Waals surface area contributed by atoms with Crippen LogP contribution in [0.25, 0.3) is 10.2 Å². The smallest absolute Gasteiger partial charge is 0.279 e. The van der Waals surface area contributed by atoms with Crippen molar-refractivity contribution in [3.05, 3.63) is 58.9 Å². The van der Waals surface area contributed by atoms with Crippen LogP contribution in [0.3, 0.4) is 0 Å². The lowest BCUT2D eigenvalue weighted by Gasteiger charge is -2.05. The zero-order valence-corrected chi connectivity index (χ0v) is 17.4. The molecule has 28 heavy (non-hydrogen) atoms. The minimum Gasteiger partial charge on any atom is -0.380 e. The van der Waals surface area contributed by atoms with Crippen LogP contribution in [-0.4, -0.2) is 37.9 Å². The van der Waals surface area contributed by atoms with Gasteiger partial charge >= 0.3 is 0 Å². The highest BCUT2D eigenvalue weighted by Crippen LogP contribution is 2.17. The summed E-state index contributed by atoms with van der Waals surface area (Å²) < 4.78 is 32.6. The van der Waals surface area contributed by atoms with E-state index in [1.54, 1.807) is 19.1 Å². The molecule has 148 valence electrons. The Labute approximate surface area is 168 Å². The van der Waals surface area contributed by atoms with Gasteiger partial charge in [-0.15, -0.1) is 0 Å². The van der Waals surface area contributed by atoms with Crippen molar-refractivity contribution < 1.29 is 17.9 Å². The first-order valence-corrected chi connectivity index (χ1v) is 11.5. The second kappa shape index (κ2) is 8.81. The van der Waals surface area contributed by atoms with Crippen LogP contribution in [0.4, 0.5) is 0 Å². The quantitative estimate of drug-likeness (QED) is 0.552. The monoisotopic (exact) mass is 418 g/mol. The third-order valence-electron chi connectivity index (χ3n) is 4.27. The summed E-state index contributed by atoms with van der Waals surface area (Å²) in [5.74, 6) is -0.486. The second-order valence-corrected chi connectivity index (χ2v) is 9.34. The number of para-hydroxylation sites is 1. The van der Waals surface area contributed by atoms with Gasteiger partial charge in [-0.3, -0.25) is 4.79 Å². The molecule has 0 radical (unpaired) electrons. The summed E-state index contributed by atoms with van der Waals surface area (Å²) in [6.45, 7) is 5.22. The van der Waals surface area contributed by atoms with Crippen molar-refractivity contribution in [2.45, 2.75) is 25.3 Å². The Bertz CT molecular complexity index is 1160. The third kappa shape index (κ3) is 4.40. The van der Waals surface area contributed by atoms with Crippen LogP contribution in [0.1, 0.15) is 24.2 Å². The first-order chi connectivity index (χ1) is 13.5. The topological polar surface area (TPSA) is 77.7 Å². The van der Waals surface area contributed by atoms with Crippen molar-refractivity contribution in [2.24, 2.45) is 4.99 Å². The molecule has 8 heteroatoms. The number of thiazole rings is 1. The molecule has 0 aliphatic rings. The minimum atomic E-state index is -3.38. The summed E-state index contributed by atoms with van der Waals surface area (Å²) in [7, 11) is -3.38. The van der Waals surface area contributed by atoms with Gasteiger partial charge in [-0.25, -0.2) is 8.42 Å². The summed E-state index contributed by atoms with van der Waals surface area (Å²) >= 11 is 1.42. The number of hydrogen-bond donors (Lipinski definition) is 0. The predicted octanol–water partition coefficient (Wildman–Crippen LogP) is 3.27. The highest BCUT2D eigenvalue weighted by molar-refractivity contribution is 7.91. The molecule has 3 aromatic rings. The standard InChI is InChI=1S/C20H22N2O4S2/c1-3-26-13-12-22-17-10-5-6-11-18(17)27-20(22)21-19(23)15-8-7-9-16(14-15)28(24,25)4-2/h5-11,14H,3-4,12-13H2,1-2H3. The molecule has 3 rings (SSSR count). The molecule has 0 saturated carbocycles. The van der Waals surface area contributed by atoms with Crippen molar-refractivity contribution in [3.63, 3.8) is 0 Å². The van der Waals surface area contributed by atoms with Crippen molar-refractivity contribution >= 4 is 37.3 Å². The van der Waals surface area contributed by atoms with Crippen molar-refractivity contribution in [2.75, 3.05) is 19.0 Å². The summed E-state index contributed by atoms with van der Waals surface area (Å²) in [4.78, 5) is 17.7. The zero-order valence-electron chi connectivity index (χ0n) is 15.8. The van der Waals surface area contributed by atoms with E-state index < -0.39 is 15.7 Å². The molecule has 1 amide bonds. The minimum absolute atomic E-state index is 0.0183. The van der Waals surface area contributed by atoms with Gasteiger partial charge in [0.2, 0.25) is 0 Å². The molecule has 0 N–H and O–H groups in total. The van der Waals surface area contributed by atoms with Gasteiger partial charge in [0, 0.05) is 18.7 Å². The van der Waals surface area contributed by atoms with Crippen LogP contribution in [0.2, 0.25) is 0 Å². The van der Waals surface area contributed by atoms with Gasteiger partial charge in [-0.05, 0) is 37.3 Å².